The number of Topliss-reactive ketones (excluding diaryl/α,β-unsaturated/α-hetero) is 1. The van der Waals surface area contributed by atoms with Crippen LogP contribution in [0.4, 0.5) is 4.39 Å². The van der Waals surface area contributed by atoms with Crippen molar-refractivity contribution in [1.82, 2.24) is 0 Å². The van der Waals surface area contributed by atoms with Crippen molar-refractivity contribution in [2.24, 2.45) is 0 Å². The van der Waals surface area contributed by atoms with Crippen LogP contribution in [0.3, 0.4) is 0 Å². The van der Waals surface area contributed by atoms with Crippen LogP contribution < -0.4 is 10.2 Å². The maximum atomic E-state index is 13.5. The number of carbonyl (C=O) groups is 1. The van der Waals surface area contributed by atoms with Crippen molar-refractivity contribution < 1.29 is 24.0 Å². The minimum absolute atomic E-state index is 0.0689. The van der Waals surface area contributed by atoms with E-state index in [9.17, 15) is 9.18 Å². The van der Waals surface area contributed by atoms with Crippen LogP contribution in [-0.4, -0.2) is 30.1 Å². The van der Waals surface area contributed by atoms with Crippen molar-refractivity contribution in [3.63, 3.8) is 0 Å². The first-order valence-corrected chi connectivity index (χ1v) is 4.22. The molecule has 0 bridgehead atoms. The number of hydrogen-bond acceptors (Lipinski definition) is 4. The number of halogens is 1. The molecule has 4 nitrogen and oxygen atoms in total. The third-order valence-electron chi connectivity index (χ3n) is 1.99. The van der Waals surface area contributed by atoms with Gasteiger partial charge in [0.15, 0.2) is 17.3 Å². The molecule has 1 aromatic rings. The quantitative estimate of drug-likeness (QED) is 0.534. The SMILES string of the molecule is COc1c(C(C)=O)ccc(B(O)O)c1F. The molecule has 0 radical (unpaired) electrons. The van der Waals surface area contributed by atoms with E-state index >= 15 is 0 Å². The zero-order valence-corrected chi connectivity index (χ0v) is 8.32. The molecule has 1 rings (SSSR count). The normalized spacial score (nSPS) is 9.93. The lowest BCUT2D eigenvalue weighted by atomic mass is 9.79. The maximum Gasteiger partial charge on any atom is 0.491 e. The molecule has 0 aliphatic heterocycles. The van der Waals surface area contributed by atoms with E-state index in [1.165, 1.54) is 20.1 Å². The van der Waals surface area contributed by atoms with Crippen molar-refractivity contribution in [2.75, 3.05) is 7.11 Å². The van der Waals surface area contributed by atoms with Crippen LogP contribution in [0.5, 0.6) is 5.75 Å². The van der Waals surface area contributed by atoms with Crippen LogP contribution in [0.2, 0.25) is 0 Å². The Hall–Kier alpha value is -1.40. The first-order chi connectivity index (χ1) is 6.99. The average molecular weight is 212 g/mol. The van der Waals surface area contributed by atoms with E-state index in [1.807, 2.05) is 0 Å². The third kappa shape index (κ3) is 2.16. The molecule has 0 spiro atoms. The van der Waals surface area contributed by atoms with Gasteiger partial charge in [-0.1, -0.05) is 6.07 Å². The number of benzene rings is 1. The molecule has 80 valence electrons. The fraction of sp³-hybridized carbons (Fsp3) is 0.222. The number of ketones is 1. The number of hydrogen-bond donors (Lipinski definition) is 2. The van der Waals surface area contributed by atoms with Gasteiger partial charge in [-0.25, -0.2) is 4.39 Å². The van der Waals surface area contributed by atoms with Gasteiger partial charge in [0.25, 0.3) is 0 Å². The Balaban J connectivity index is 3.39. The monoisotopic (exact) mass is 212 g/mol. The predicted molar refractivity (Wildman–Crippen MR) is 52.8 cm³/mol. The molecule has 0 aliphatic carbocycles. The summed E-state index contributed by atoms with van der Waals surface area (Å²) in [6.07, 6.45) is 0. The van der Waals surface area contributed by atoms with E-state index in [1.54, 1.807) is 0 Å². The topological polar surface area (TPSA) is 66.8 Å². The smallest absolute Gasteiger partial charge is 0.491 e. The Morgan fingerprint density at radius 2 is 2.07 bits per heavy atom. The van der Waals surface area contributed by atoms with Crippen LogP contribution >= 0.6 is 0 Å². The standard InChI is InChI=1S/C9H10BFO4/c1-5(12)6-3-4-7(10(13)14)8(11)9(6)15-2/h3-4,13-14H,1-2H3. The van der Waals surface area contributed by atoms with E-state index in [-0.39, 0.29) is 22.6 Å². The molecule has 0 fully saturated rings. The molecule has 0 unspecified atom stereocenters. The number of rotatable bonds is 3. The average Bonchev–Trinajstić information content (AvgIpc) is 2.16. The lowest BCUT2D eigenvalue weighted by Crippen LogP contribution is -2.33. The largest absolute Gasteiger partial charge is 0.493 e. The molecule has 0 aromatic heterocycles. The summed E-state index contributed by atoms with van der Waals surface area (Å²) in [6, 6.07) is 2.43. The summed E-state index contributed by atoms with van der Waals surface area (Å²) in [7, 11) is -0.724. The summed E-state index contributed by atoms with van der Waals surface area (Å²) >= 11 is 0. The minimum atomic E-state index is -1.93. The van der Waals surface area contributed by atoms with Crippen molar-refractivity contribution >= 4 is 18.4 Å². The van der Waals surface area contributed by atoms with Gasteiger partial charge in [0.1, 0.15) is 0 Å². The third-order valence-corrected chi connectivity index (χ3v) is 1.99. The van der Waals surface area contributed by atoms with Gasteiger partial charge < -0.3 is 14.8 Å². The van der Waals surface area contributed by atoms with Crippen LogP contribution in [0, 0.1) is 5.82 Å². The van der Waals surface area contributed by atoms with Crippen LogP contribution in [0.25, 0.3) is 0 Å². The number of carbonyl (C=O) groups excluding carboxylic acids is 1. The summed E-state index contributed by atoms with van der Waals surface area (Å²) in [5, 5.41) is 17.7. The summed E-state index contributed by atoms with van der Waals surface area (Å²) in [5.74, 6) is -1.56. The Morgan fingerprint density at radius 3 is 2.47 bits per heavy atom. The maximum absolute atomic E-state index is 13.5. The minimum Gasteiger partial charge on any atom is -0.493 e. The van der Waals surface area contributed by atoms with Crippen molar-refractivity contribution in [1.29, 1.82) is 0 Å². The zero-order valence-electron chi connectivity index (χ0n) is 8.32. The molecular formula is C9H10BFO4. The zero-order chi connectivity index (χ0) is 11.6. The second-order valence-corrected chi connectivity index (χ2v) is 2.98. The van der Waals surface area contributed by atoms with Gasteiger partial charge in [-0.3, -0.25) is 4.79 Å². The highest BCUT2D eigenvalue weighted by molar-refractivity contribution is 6.58. The van der Waals surface area contributed by atoms with Gasteiger partial charge in [0.05, 0.1) is 12.7 Å². The molecule has 6 heteroatoms. The Morgan fingerprint density at radius 1 is 1.47 bits per heavy atom. The summed E-state index contributed by atoms with van der Waals surface area (Å²) in [6.45, 7) is 1.27. The Bertz CT molecular complexity index is 392. The van der Waals surface area contributed by atoms with E-state index in [4.69, 9.17) is 14.8 Å². The highest BCUT2D eigenvalue weighted by Gasteiger charge is 2.23. The molecule has 0 saturated heterocycles. The predicted octanol–water partition coefficient (Wildman–Crippen LogP) is -0.283. The van der Waals surface area contributed by atoms with Gasteiger partial charge in [-0.15, -0.1) is 0 Å². The molecule has 15 heavy (non-hydrogen) atoms. The second-order valence-electron chi connectivity index (χ2n) is 2.98. The fourth-order valence-corrected chi connectivity index (χ4v) is 1.25. The highest BCUT2D eigenvalue weighted by atomic mass is 19.1. The van der Waals surface area contributed by atoms with Gasteiger partial charge in [0.2, 0.25) is 0 Å². The summed E-state index contributed by atoms with van der Waals surface area (Å²) in [5.41, 5.74) is -0.253. The van der Waals surface area contributed by atoms with E-state index < -0.39 is 12.9 Å². The Kier molecular flexibility index (Phi) is 3.44. The highest BCUT2D eigenvalue weighted by Crippen LogP contribution is 2.21. The lowest BCUT2D eigenvalue weighted by molar-refractivity contribution is 0.101. The summed E-state index contributed by atoms with van der Waals surface area (Å²) in [4.78, 5) is 11.1. The van der Waals surface area contributed by atoms with E-state index in [2.05, 4.69) is 0 Å². The van der Waals surface area contributed by atoms with Crippen molar-refractivity contribution in [2.45, 2.75) is 6.92 Å². The van der Waals surface area contributed by atoms with Crippen LogP contribution in [-0.2, 0) is 0 Å². The van der Waals surface area contributed by atoms with Crippen molar-refractivity contribution in [3.05, 3.63) is 23.5 Å². The molecular weight excluding hydrogens is 202 g/mol. The van der Waals surface area contributed by atoms with Gasteiger partial charge in [-0.05, 0) is 13.0 Å². The number of methoxy groups -OCH3 is 1. The molecule has 0 heterocycles. The van der Waals surface area contributed by atoms with Crippen LogP contribution in [0.1, 0.15) is 17.3 Å². The van der Waals surface area contributed by atoms with Crippen LogP contribution in [0.15, 0.2) is 12.1 Å². The van der Waals surface area contributed by atoms with E-state index in [0.29, 0.717) is 0 Å². The fourth-order valence-electron chi connectivity index (χ4n) is 1.25. The second kappa shape index (κ2) is 4.42. The Labute approximate surface area is 86.4 Å². The first-order valence-electron chi connectivity index (χ1n) is 4.22. The molecule has 0 saturated carbocycles. The van der Waals surface area contributed by atoms with E-state index in [0.717, 1.165) is 6.07 Å². The van der Waals surface area contributed by atoms with Crippen molar-refractivity contribution in [3.8, 4) is 5.75 Å². The molecule has 0 aliphatic rings. The van der Waals surface area contributed by atoms with Gasteiger partial charge in [-0.2, -0.15) is 0 Å². The molecule has 0 amide bonds. The lowest BCUT2D eigenvalue weighted by Gasteiger charge is -2.10. The molecule has 0 atom stereocenters. The molecule has 2 N–H and O–H groups in total. The van der Waals surface area contributed by atoms with Gasteiger partial charge in [0, 0.05) is 5.46 Å². The van der Waals surface area contributed by atoms with Gasteiger partial charge >= 0.3 is 7.12 Å². The first kappa shape index (κ1) is 11.7. The number of ether oxygens (including phenoxy) is 1. The summed E-state index contributed by atoms with van der Waals surface area (Å²) < 4.78 is 18.3. The molecule has 1 aromatic carbocycles.